The third-order valence-electron chi connectivity index (χ3n) is 4.83. The van der Waals surface area contributed by atoms with E-state index in [-0.39, 0.29) is 5.56 Å². The minimum absolute atomic E-state index is 0.197. The van der Waals surface area contributed by atoms with Crippen molar-refractivity contribution in [3.05, 3.63) is 101 Å². The van der Waals surface area contributed by atoms with Gasteiger partial charge in [0.15, 0.2) is 6.61 Å². The summed E-state index contributed by atoms with van der Waals surface area (Å²) in [5.41, 5.74) is 6.51. The zero-order valence-corrected chi connectivity index (χ0v) is 18.3. The number of halogens is 2. The van der Waals surface area contributed by atoms with Gasteiger partial charge >= 0.3 is 5.97 Å². The molecule has 3 aromatic carbocycles. The summed E-state index contributed by atoms with van der Waals surface area (Å²) in [5.74, 6) is -2.42. The first-order valence-electron chi connectivity index (χ1n) is 10.1. The highest BCUT2D eigenvalue weighted by molar-refractivity contribution is 6.30. The minimum Gasteiger partial charge on any atom is -0.452 e. The number of benzene rings is 3. The van der Waals surface area contributed by atoms with Gasteiger partial charge in [0.25, 0.3) is 11.8 Å². The number of carbonyl (C=O) groups excluding carboxylic acids is 3. The lowest BCUT2D eigenvalue weighted by atomic mass is 10.0. The lowest BCUT2D eigenvalue weighted by Crippen LogP contribution is -2.43. The predicted molar refractivity (Wildman–Crippen MR) is 124 cm³/mol. The molecule has 0 aliphatic carbocycles. The highest BCUT2D eigenvalue weighted by Gasteiger charge is 2.17. The largest absolute Gasteiger partial charge is 0.452 e. The van der Waals surface area contributed by atoms with Gasteiger partial charge in [0.2, 0.25) is 0 Å². The smallest absolute Gasteiger partial charge is 0.339 e. The molecule has 9 heteroatoms. The number of nitrogens with zero attached hydrogens (tertiary/aromatic N) is 1. The molecule has 0 aliphatic rings. The van der Waals surface area contributed by atoms with E-state index in [0.717, 1.165) is 0 Å². The standard InChI is InChI=1S/C25H17ClFN3O4/c26-17-9-5-16(6-10-17)24(32)30-29-23(31)14-34-25(33)20-13-22(15-7-11-18(27)12-8-15)28-21-4-2-1-3-19(20)21/h1-13H,14H2,(H,29,31)(H,30,32). The molecule has 2 N–H and O–H groups in total. The van der Waals surface area contributed by atoms with Crippen molar-refractivity contribution in [2.75, 3.05) is 6.61 Å². The number of fused-ring (bicyclic) bond motifs is 1. The van der Waals surface area contributed by atoms with Crippen LogP contribution in [0.4, 0.5) is 4.39 Å². The molecule has 1 aromatic heterocycles. The maximum atomic E-state index is 13.3. The zero-order chi connectivity index (χ0) is 24.1. The predicted octanol–water partition coefficient (Wildman–Crippen LogP) is 4.31. The Morgan fingerprint density at radius 1 is 0.912 bits per heavy atom. The Kier molecular flexibility index (Phi) is 6.79. The van der Waals surface area contributed by atoms with E-state index in [1.165, 1.54) is 30.3 Å². The topological polar surface area (TPSA) is 97.4 Å². The average molecular weight is 478 g/mol. The van der Waals surface area contributed by atoms with Gasteiger partial charge in [-0.1, -0.05) is 29.8 Å². The third kappa shape index (κ3) is 5.36. The van der Waals surface area contributed by atoms with Gasteiger partial charge in [-0.2, -0.15) is 0 Å². The lowest BCUT2D eigenvalue weighted by molar-refractivity contribution is -0.125. The van der Waals surface area contributed by atoms with Crippen LogP contribution in [0.2, 0.25) is 5.02 Å². The average Bonchev–Trinajstić information content (AvgIpc) is 2.86. The van der Waals surface area contributed by atoms with Gasteiger partial charge in [-0.05, 0) is 60.7 Å². The first-order valence-corrected chi connectivity index (χ1v) is 10.5. The Balaban J connectivity index is 1.45. The zero-order valence-electron chi connectivity index (χ0n) is 17.5. The second kappa shape index (κ2) is 10.1. The number of aromatic nitrogens is 1. The van der Waals surface area contributed by atoms with Crippen LogP contribution in [0.15, 0.2) is 78.9 Å². The molecule has 0 saturated heterocycles. The molecule has 170 valence electrons. The van der Waals surface area contributed by atoms with Crippen LogP contribution in [0.5, 0.6) is 0 Å². The number of esters is 1. The van der Waals surface area contributed by atoms with Gasteiger partial charge in [-0.15, -0.1) is 0 Å². The number of hydrazine groups is 1. The third-order valence-corrected chi connectivity index (χ3v) is 5.08. The summed E-state index contributed by atoms with van der Waals surface area (Å²) in [4.78, 5) is 41.5. The summed E-state index contributed by atoms with van der Waals surface area (Å²) in [7, 11) is 0. The summed E-state index contributed by atoms with van der Waals surface area (Å²) in [6.07, 6.45) is 0. The van der Waals surface area contributed by atoms with Crippen molar-refractivity contribution in [2.45, 2.75) is 0 Å². The van der Waals surface area contributed by atoms with E-state index in [2.05, 4.69) is 15.8 Å². The molecule has 0 spiro atoms. The molecule has 4 rings (SSSR count). The number of rotatable bonds is 5. The number of pyridine rings is 1. The van der Waals surface area contributed by atoms with Crippen molar-refractivity contribution in [3.8, 4) is 11.3 Å². The van der Waals surface area contributed by atoms with Gasteiger partial charge in [0.05, 0.1) is 16.8 Å². The van der Waals surface area contributed by atoms with Crippen molar-refractivity contribution in [3.63, 3.8) is 0 Å². The Morgan fingerprint density at radius 3 is 2.35 bits per heavy atom. The summed E-state index contributed by atoms with van der Waals surface area (Å²) in [6.45, 7) is -0.623. The molecule has 7 nitrogen and oxygen atoms in total. The normalized spacial score (nSPS) is 10.5. The molecule has 4 aromatic rings. The van der Waals surface area contributed by atoms with Crippen LogP contribution in [0.1, 0.15) is 20.7 Å². The minimum atomic E-state index is -0.749. The second-order valence-electron chi connectivity index (χ2n) is 7.16. The quantitative estimate of drug-likeness (QED) is 0.330. The maximum Gasteiger partial charge on any atom is 0.339 e. The van der Waals surface area contributed by atoms with Gasteiger partial charge in [0.1, 0.15) is 5.82 Å². The van der Waals surface area contributed by atoms with E-state index in [1.54, 1.807) is 48.5 Å². The van der Waals surface area contributed by atoms with Crippen molar-refractivity contribution >= 4 is 40.3 Å². The van der Waals surface area contributed by atoms with Crippen LogP contribution in [0, 0.1) is 5.82 Å². The van der Waals surface area contributed by atoms with Crippen molar-refractivity contribution in [1.29, 1.82) is 0 Å². The fraction of sp³-hybridized carbons (Fsp3) is 0.0400. The van der Waals surface area contributed by atoms with Gasteiger partial charge in [0, 0.05) is 21.5 Å². The van der Waals surface area contributed by atoms with Crippen LogP contribution in [-0.2, 0) is 9.53 Å². The van der Waals surface area contributed by atoms with Crippen LogP contribution < -0.4 is 10.9 Å². The van der Waals surface area contributed by atoms with Crippen LogP contribution in [-0.4, -0.2) is 29.4 Å². The number of para-hydroxylation sites is 1. The summed E-state index contributed by atoms with van der Waals surface area (Å²) < 4.78 is 18.5. The Hall–Kier alpha value is -4.30. The summed E-state index contributed by atoms with van der Waals surface area (Å²) in [6, 6.07) is 20.3. The molecule has 0 aliphatic heterocycles. The molecule has 0 saturated carbocycles. The van der Waals surface area contributed by atoms with E-state index < -0.39 is 30.2 Å². The molecule has 2 amide bonds. The Bertz CT molecular complexity index is 1380. The molecule has 0 radical (unpaired) electrons. The van der Waals surface area contributed by atoms with Gasteiger partial charge in [-0.3, -0.25) is 20.4 Å². The number of ether oxygens (including phenoxy) is 1. The van der Waals surface area contributed by atoms with E-state index in [9.17, 15) is 18.8 Å². The molecule has 34 heavy (non-hydrogen) atoms. The fourth-order valence-corrected chi connectivity index (χ4v) is 3.28. The van der Waals surface area contributed by atoms with E-state index in [1.807, 2.05) is 0 Å². The van der Waals surface area contributed by atoms with Crippen molar-refractivity contribution < 1.29 is 23.5 Å². The number of hydrogen-bond acceptors (Lipinski definition) is 5. The second-order valence-corrected chi connectivity index (χ2v) is 7.60. The number of hydrogen-bond donors (Lipinski definition) is 2. The van der Waals surface area contributed by atoms with Crippen molar-refractivity contribution in [1.82, 2.24) is 15.8 Å². The molecule has 1 heterocycles. The van der Waals surface area contributed by atoms with Gasteiger partial charge < -0.3 is 4.74 Å². The maximum absolute atomic E-state index is 13.3. The fourth-order valence-electron chi connectivity index (χ4n) is 3.16. The van der Waals surface area contributed by atoms with Crippen LogP contribution in [0.25, 0.3) is 22.2 Å². The SMILES string of the molecule is O=C(COC(=O)c1cc(-c2ccc(F)cc2)nc2ccccc12)NNC(=O)c1ccc(Cl)cc1. The van der Waals surface area contributed by atoms with E-state index in [0.29, 0.717) is 32.7 Å². The van der Waals surface area contributed by atoms with Crippen molar-refractivity contribution in [2.24, 2.45) is 0 Å². The first-order chi connectivity index (χ1) is 16.4. The van der Waals surface area contributed by atoms with Crippen LogP contribution >= 0.6 is 11.6 Å². The number of amides is 2. The molecular formula is C25H17ClFN3O4. The molecule has 0 unspecified atom stereocenters. The Labute approximate surface area is 198 Å². The monoisotopic (exact) mass is 477 g/mol. The number of carbonyl (C=O) groups is 3. The lowest BCUT2D eigenvalue weighted by Gasteiger charge is -2.11. The summed E-state index contributed by atoms with van der Waals surface area (Å²) in [5, 5.41) is 1.01. The molecule has 0 fully saturated rings. The van der Waals surface area contributed by atoms with E-state index in [4.69, 9.17) is 16.3 Å². The molecular weight excluding hydrogens is 461 g/mol. The first kappa shape index (κ1) is 22.9. The highest BCUT2D eigenvalue weighted by Crippen LogP contribution is 2.25. The highest BCUT2D eigenvalue weighted by atomic mass is 35.5. The number of nitrogens with one attached hydrogen (secondary N) is 2. The molecule has 0 atom stereocenters. The van der Waals surface area contributed by atoms with E-state index >= 15 is 0 Å². The van der Waals surface area contributed by atoms with Gasteiger partial charge in [-0.25, -0.2) is 14.2 Å². The molecule has 0 bridgehead atoms. The van der Waals surface area contributed by atoms with Crippen LogP contribution in [0.3, 0.4) is 0 Å². The Morgan fingerprint density at radius 2 is 1.62 bits per heavy atom. The summed E-state index contributed by atoms with van der Waals surface area (Å²) >= 11 is 5.78.